The summed E-state index contributed by atoms with van der Waals surface area (Å²) in [6, 6.07) is 5.93. The van der Waals surface area contributed by atoms with Gasteiger partial charge in [-0.3, -0.25) is 0 Å². The number of rotatable bonds is 3. The van der Waals surface area contributed by atoms with Crippen LogP contribution in [0.15, 0.2) is 22.8 Å². The first kappa shape index (κ1) is 10.7. The zero-order chi connectivity index (χ0) is 9.90. The van der Waals surface area contributed by atoms with E-state index in [0.717, 1.165) is 10.3 Å². The lowest BCUT2D eigenvalue weighted by molar-refractivity contribution is 0.144. The van der Waals surface area contributed by atoms with Crippen molar-refractivity contribution in [1.82, 2.24) is 4.98 Å². The monoisotopic (exact) mass is 243 g/mol. The summed E-state index contributed by atoms with van der Waals surface area (Å²) in [4.78, 5) is 4.40. The second-order valence-corrected chi connectivity index (χ2v) is 4.47. The first-order valence-corrected chi connectivity index (χ1v) is 4.97. The number of halogens is 1. The zero-order valence-corrected chi connectivity index (χ0v) is 9.76. The fourth-order valence-corrected chi connectivity index (χ4v) is 1.56. The Morgan fingerprint density at radius 2 is 2.15 bits per heavy atom. The maximum absolute atomic E-state index is 5.15. The molecular weight excluding hydrogens is 230 g/mol. The minimum atomic E-state index is -0.0292. The van der Waals surface area contributed by atoms with Gasteiger partial charge in [-0.25, -0.2) is 4.98 Å². The number of aromatic nitrogens is 1. The van der Waals surface area contributed by atoms with Gasteiger partial charge in [0.05, 0.1) is 6.61 Å². The van der Waals surface area contributed by atoms with Crippen LogP contribution in [0.3, 0.4) is 0 Å². The Kier molecular flexibility index (Phi) is 3.45. The largest absolute Gasteiger partial charge is 0.384 e. The Hall–Kier alpha value is -0.410. The molecule has 0 aliphatic rings. The summed E-state index contributed by atoms with van der Waals surface area (Å²) in [7, 11) is 1.71. The zero-order valence-electron chi connectivity index (χ0n) is 8.17. The van der Waals surface area contributed by atoms with Crippen LogP contribution in [0, 0.1) is 0 Å². The van der Waals surface area contributed by atoms with Crippen LogP contribution in [0.5, 0.6) is 0 Å². The number of hydrogen-bond donors (Lipinski definition) is 0. The molecule has 0 radical (unpaired) electrons. The first-order valence-electron chi connectivity index (χ1n) is 4.18. The van der Waals surface area contributed by atoms with Gasteiger partial charge >= 0.3 is 0 Å². The topological polar surface area (TPSA) is 22.1 Å². The van der Waals surface area contributed by atoms with Crippen LogP contribution < -0.4 is 0 Å². The molecule has 1 aromatic rings. The van der Waals surface area contributed by atoms with Crippen molar-refractivity contribution >= 4 is 15.9 Å². The van der Waals surface area contributed by atoms with Gasteiger partial charge in [-0.2, -0.15) is 0 Å². The van der Waals surface area contributed by atoms with E-state index in [9.17, 15) is 0 Å². The van der Waals surface area contributed by atoms with Gasteiger partial charge in [0.15, 0.2) is 0 Å². The second-order valence-electron chi connectivity index (χ2n) is 3.66. The van der Waals surface area contributed by atoms with Gasteiger partial charge in [0.1, 0.15) is 4.60 Å². The minimum absolute atomic E-state index is 0.0292. The Morgan fingerprint density at radius 1 is 1.46 bits per heavy atom. The van der Waals surface area contributed by atoms with E-state index in [0.29, 0.717) is 6.61 Å². The molecule has 0 aliphatic heterocycles. The summed E-state index contributed by atoms with van der Waals surface area (Å²) in [5, 5.41) is 0. The summed E-state index contributed by atoms with van der Waals surface area (Å²) in [5.74, 6) is 0. The van der Waals surface area contributed by atoms with Crippen LogP contribution >= 0.6 is 15.9 Å². The van der Waals surface area contributed by atoms with Crippen LogP contribution in [-0.2, 0) is 10.2 Å². The summed E-state index contributed by atoms with van der Waals surface area (Å²) in [6.45, 7) is 4.91. The number of methoxy groups -OCH3 is 1. The van der Waals surface area contributed by atoms with Crippen molar-refractivity contribution < 1.29 is 4.74 Å². The van der Waals surface area contributed by atoms with Gasteiger partial charge in [-0.15, -0.1) is 0 Å². The average molecular weight is 244 g/mol. The highest BCUT2D eigenvalue weighted by molar-refractivity contribution is 9.10. The molecule has 0 N–H and O–H groups in total. The Labute approximate surface area is 87.5 Å². The fourth-order valence-electron chi connectivity index (χ4n) is 1.22. The molecule has 0 aromatic carbocycles. The minimum Gasteiger partial charge on any atom is -0.384 e. The van der Waals surface area contributed by atoms with Crippen molar-refractivity contribution in [3.8, 4) is 0 Å². The molecule has 0 unspecified atom stereocenters. The molecule has 0 bridgehead atoms. The highest BCUT2D eigenvalue weighted by atomic mass is 79.9. The SMILES string of the molecule is COCC(C)(C)c1cccc(Br)n1. The molecule has 0 atom stereocenters. The maximum Gasteiger partial charge on any atom is 0.106 e. The number of hydrogen-bond acceptors (Lipinski definition) is 2. The molecule has 0 aliphatic carbocycles. The third-order valence-electron chi connectivity index (χ3n) is 1.91. The highest BCUT2D eigenvalue weighted by Crippen LogP contribution is 2.22. The number of ether oxygens (including phenoxy) is 1. The van der Waals surface area contributed by atoms with Gasteiger partial charge in [0.25, 0.3) is 0 Å². The van der Waals surface area contributed by atoms with E-state index in [1.165, 1.54) is 0 Å². The summed E-state index contributed by atoms with van der Waals surface area (Å²) in [6.07, 6.45) is 0. The van der Waals surface area contributed by atoms with Gasteiger partial charge in [0, 0.05) is 18.2 Å². The number of nitrogens with zero attached hydrogens (tertiary/aromatic N) is 1. The smallest absolute Gasteiger partial charge is 0.106 e. The molecule has 3 heteroatoms. The molecule has 0 fully saturated rings. The predicted octanol–water partition coefficient (Wildman–Crippen LogP) is 2.77. The van der Waals surface area contributed by atoms with Crippen molar-refractivity contribution in [1.29, 1.82) is 0 Å². The van der Waals surface area contributed by atoms with E-state index in [-0.39, 0.29) is 5.41 Å². The van der Waals surface area contributed by atoms with Crippen molar-refractivity contribution in [3.63, 3.8) is 0 Å². The molecule has 1 rings (SSSR count). The van der Waals surface area contributed by atoms with Crippen LogP contribution in [-0.4, -0.2) is 18.7 Å². The summed E-state index contributed by atoms with van der Waals surface area (Å²) < 4.78 is 6.02. The van der Waals surface area contributed by atoms with E-state index >= 15 is 0 Å². The molecule has 13 heavy (non-hydrogen) atoms. The van der Waals surface area contributed by atoms with Crippen molar-refractivity contribution in [2.45, 2.75) is 19.3 Å². The molecule has 0 saturated heterocycles. The van der Waals surface area contributed by atoms with Crippen molar-refractivity contribution in [2.24, 2.45) is 0 Å². The molecule has 72 valence electrons. The Morgan fingerprint density at radius 3 is 2.69 bits per heavy atom. The molecule has 1 heterocycles. The third-order valence-corrected chi connectivity index (χ3v) is 2.36. The second kappa shape index (κ2) is 4.20. The van der Waals surface area contributed by atoms with Gasteiger partial charge in [-0.1, -0.05) is 19.9 Å². The van der Waals surface area contributed by atoms with Crippen molar-refractivity contribution in [3.05, 3.63) is 28.5 Å². The standard InChI is InChI=1S/C10H14BrNO/c1-10(2,7-13-3)8-5-4-6-9(11)12-8/h4-6H,7H2,1-3H3. The van der Waals surface area contributed by atoms with Crippen LogP contribution in [0.2, 0.25) is 0 Å². The van der Waals surface area contributed by atoms with Gasteiger partial charge in [0.2, 0.25) is 0 Å². The van der Waals surface area contributed by atoms with Gasteiger partial charge < -0.3 is 4.74 Å². The lowest BCUT2D eigenvalue weighted by Gasteiger charge is -2.22. The van der Waals surface area contributed by atoms with Crippen LogP contribution in [0.25, 0.3) is 0 Å². The van der Waals surface area contributed by atoms with E-state index in [2.05, 4.69) is 34.8 Å². The van der Waals surface area contributed by atoms with Gasteiger partial charge in [-0.05, 0) is 28.1 Å². The lowest BCUT2D eigenvalue weighted by atomic mass is 9.90. The quantitative estimate of drug-likeness (QED) is 0.763. The fraction of sp³-hybridized carbons (Fsp3) is 0.500. The predicted molar refractivity (Wildman–Crippen MR) is 56.8 cm³/mol. The van der Waals surface area contributed by atoms with Crippen LogP contribution in [0.1, 0.15) is 19.5 Å². The maximum atomic E-state index is 5.15. The highest BCUT2D eigenvalue weighted by Gasteiger charge is 2.21. The molecule has 0 saturated carbocycles. The normalized spacial score (nSPS) is 11.7. The van der Waals surface area contributed by atoms with Crippen LogP contribution in [0.4, 0.5) is 0 Å². The Bertz CT molecular complexity index is 286. The molecule has 0 amide bonds. The average Bonchev–Trinajstić information content (AvgIpc) is 2.04. The Balaban J connectivity index is 2.93. The molecular formula is C10H14BrNO. The molecule has 0 spiro atoms. The van der Waals surface area contributed by atoms with E-state index in [4.69, 9.17) is 4.74 Å². The number of pyridine rings is 1. The molecule has 1 aromatic heterocycles. The lowest BCUT2D eigenvalue weighted by Crippen LogP contribution is -2.24. The van der Waals surface area contributed by atoms with E-state index in [1.54, 1.807) is 7.11 Å². The van der Waals surface area contributed by atoms with Crippen molar-refractivity contribution in [2.75, 3.05) is 13.7 Å². The first-order chi connectivity index (χ1) is 6.06. The van der Waals surface area contributed by atoms with E-state index < -0.39 is 0 Å². The summed E-state index contributed by atoms with van der Waals surface area (Å²) in [5.41, 5.74) is 1.02. The third kappa shape index (κ3) is 2.78. The molecule has 2 nitrogen and oxygen atoms in total. The van der Waals surface area contributed by atoms with E-state index in [1.807, 2.05) is 18.2 Å². The summed E-state index contributed by atoms with van der Waals surface area (Å²) >= 11 is 3.35.